The van der Waals surface area contributed by atoms with Gasteiger partial charge in [-0.05, 0) is 37.6 Å². The highest BCUT2D eigenvalue weighted by Gasteiger charge is 2.44. The average molecular weight is 331 g/mol. The molecule has 0 saturated carbocycles. The summed E-state index contributed by atoms with van der Waals surface area (Å²) in [5, 5.41) is 10.9. The van der Waals surface area contributed by atoms with Gasteiger partial charge in [0.15, 0.2) is 0 Å². The number of aliphatic hydroxyl groups is 1. The molecule has 2 aliphatic rings. The summed E-state index contributed by atoms with van der Waals surface area (Å²) in [5.41, 5.74) is -0.0524. The van der Waals surface area contributed by atoms with Crippen molar-refractivity contribution in [3.8, 4) is 5.75 Å². The number of piperidine rings is 1. The van der Waals surface area contributed by atoms with Gasteiger partial charge in [-0.2, -0.15) is 0 Å². The van der Waals surface area contributed by atoms with Crippen LogP contribution < -0.4 is 4.74 Å². The number of fused-ring (bicyclic) bond motifs is 2. The maximum Gasteiger partial charge on any atom is 0.573 e. The first-order valence-electron chi connectivity index (χ1n) is 7.61. The predicted octanol–water partition coefficient (Wildman–Crippen LogP) is 2.35. The van der Waals surface area contributed by atoms with E-state index in [4.69, 9.17) is 4.74 Å². The lowest BCUT2D eigenvalue weighted by Gasteiger charge is -2.50. The molecule has 0 amide bonds. The molecule has 23 heavy (non-hydrogen) atoms. The summed E-state index contributed by atoms with van der Waals surface area (Å²) in [4.78, 5) is 2.25. The van der Waals surface area contributed by atoms with E-state index >= 15 is 0 Å². The third kappa shape index (κ3) is 3.97. The first-order chi connectivity index (χ1) is 10.7. The number of likely N-dealkylation sites (N-methyl/N-ethyl adjacent to an activating group) is 1. The number of rotatable bonds is 3. The summed E-state index contributed by atoms with van der Waals surface area (Å²) >= 11 is 0. The van der Waals surface area contributed by atoms with Crippen LogP contribution in [0.25, 0.3) is 0 Å². The van der Waals surface area contributed by atoms with Gasteiger partial charge in [0.25, 0.3) is 0 Å². The molecule has 0 spiro atoms. The molecular weight excluding hydrogens is 311 g/mol. The molecule has 0 aromatic heterocycles. The van der Waals surface area contributed by atoms with Crippen LogP contribution in [0.4, 0.5) is 13.2 Å². The molecule has 1 N–H and O–H groups in total. The fraction of sp³-hybridized carbons (Fsp3) is 0.625. The number of alkyl halides is 3. The van der Waals surface area contributed by atoms with Crippen LogP contribution in [0.5, 0.6) is 5.75 Å². The third-order valence-electron chi connectivity index (χ3n) is 4.69. The molecule has 2 bridgehead atoms. The maximum atomic E-state index is 12.2. The molecule has 4 nitrogen and oxygen atoms in total. The van der Waals surface area contributed by atoms with Crippen LogP contribution in [0.2, 0.25) is 0 Å². The lowest BCUT2D eigenvalue weighted by Crippen LogP contribution is -2.60. The fourth-order valence-electron chi connectivity index (χ4n) is 3.57. The first kappa shape index (κ1) is 16.5. The normalized spacial score (nSPS) is 31.9. The minimum Gasteiger partial charge on any atom is -0.406 e. The zero-order chi connectivity index (χ0) is 16.7. The topological polar surface area (TPSA) is 41.9 Å². The first-order valence-corrected chi connectivity index (χ1v) is 7.61. The number of hydrogen-bond donors (Lipinski definition) is 1. The van der Waals surface area contributed by atoms with E-state index in [1.165, 1.54) is 12.1 Å². The molecule has 1 aromatic rings. The van der Waals surface area contributed by atoms with E-state index in [0.29, 0.717) is 32.5 Å². The lowest BCUT2D eigenvalue weighted by molar-refractivity contribution is -0.274. The van der Waals surface area contributed by atoms with E-state index in [2.05, 4.69) is 9.64 Å². The monoisotopic (exact) mass is 331 g/mol. The smallest absolute Gasteiger partial charge is 0.406 e. The minimum atomic E-state index is -4.69. The minimum absolute atomic E-state index is 0.181. The molecule has 2 unspecified atom stereocenters. The molecule has 2 heterocycles. The van der Waals surface area contributed by atoms with Gasteiger partial charge in [0.1, 0.15) is 5.75 Å². The van der Waals surface area contributed by atoms with Gasteiger partial charge >= 0.3 is 6.36 Å². The van der Waals surface area contributed by atoms with Crippen molar-refractivity contribution >= 4 is 0 Å². The Balaban J connectivity index is 1.67. The molecule has 0 aliphatic carbocycles. The molecule has 2 saturated heterocycles. The Kier molecular flexibility index (Phi) is 4.29. The second-order valence-corrected chi connectivity index (χ2v) is 6.51. The van der Waals surface area contributed by atoms with Gasteiger partial charge in [-0.15, -0.1) is 13.2 Å². The van der Waals surface area contributed by atoms with Crippen molar-refractivity contribution < 1.29 is 27.8 Å². The molecule has 7 heteroatoms. The van der Waals surface area contributed by atoms with Crippen LogP contribution in [0.3, 0.4) is 0 Å². The zero-order valence-electron chi connectivity index (χ0n) is 12.8. The van der Waals surface area contributed by atoms with Crippen molar-refractivity contribution in [3.05, 3.63) is 29.8 Å². The van der Waals surface area contributed by atoms with Gasteiger partial charge in [-0.1, -0.05) is 12.1 Å². The van der Waals surface area contributed by atoms with Crippen molar-refractivity contribution in [2.45, 2.75) is 43.3 Å². The Morgan fingerprint density at radius 2 is 1.78 bits per heavy atom. The Hall–Kier alpha value is -1.31. The van der Waals surface area contributed by atoms with Crippen LogP contribution in [0, 0.1) is 0 Å². The highest BCUT2D eigenvalue weighted by Crippen LogP contribution is 2.36. The van der Waals surface area contributed by atoms with Gasteiger partial charge in [0.05, 0.1) is 18.8 Å². The van der Waals surface area contributed by atoms with Crippen LogP contribution in [0.1, 0.15) is 18.4 Å². The van der Waals surface area contributed by atoms with E-state index < -0.39 is 12.0 Å². The Morgan fingerprint density at radius 1 is 1.22 bits per heavy atom. The van der Waals surface area contributed by atoms with Crippen LogP contribution in [0.15, 0.2) is 24.3 Å². The number of benzene rings is 1. The number of hydrogen-bond acceptors (Lipinski definition) is 4. The molecule has 3 rings (SSSR count). The highest BCUT2D eigenvalue weighted by atomic mass is 19.4. The summed E-state index contributed by atoms with van der Waals surface area (Å²) < 4.78 is 45.9. The van der Waals surface area contributed by atoms with Crippen LogP contribution in [-0.2, 0) is 11.2 Å². The molecule has 1 aromatic carbocycles. The van der Waals surface area contributed by atoms with Crippen molar-refractivity contribution in [2.75, 3.05) is 20.3 Å². The van der Waals surface area contributed by atoms with Crippen molar-refractivity contribution in [2.24, 2.45) is 0 Å². The molecule has 0 radical (unpaired) electrons. The second-order valence-electron chi connectivity index (χ2n) is 6.51. The summed E-state index contributed by atoms with van der Waals surface area (Å²) in [5.74, 6) is -0.248. The van der Waals surface area contributed by atoms with Crippen LogP contribution >= 0.6 is 0 Å². The van der Waals surface area contributed by atoms with Gasteiger partial charge in [-0.3, -0.25) is 4.90 Å². The number of nitrogens with zero attached hydrogens (tertiary/aromatic N) is 1. The number of ether oxygens (including phenoxy) is 2. The molecule has 2 aliphatic heterocycles. The number of morpholine rings is 1. The van der Waals surface area contributed by atoms with Gasteiger partial charge in [0, 0.05) is 18.5 Å². The second kappa shape index (κ2) is 5.96. The summed E-state index contributed by atoms with van der Waals surface area (Å²) in [6, 6.07) is 6.07. The van der Waals surface area contributed by atoms with E-state index in [-0.39, 0.29) is 17.8 Å². The largest absolute Gasteiger partial charge is 0.573 e. The summed E-state index contributed by atoms with van der Waals surface area (Å²) in [6.45, 7) is 1.21. The molecule has 2 atom stereocenters. The van der Waals surface area contributed by atoms with Crippen molar-refractivity contribution in [3.63, 3.8) is 0 Å². The van der Waals surface area contributed by atoms with Crippen molar-refractivity contribution in [1.29, 1.82) is 0 Å². The maximum absolute atomic E-state index is 12.2. The van der Waals surface area contributed by atoms with E-state index in [0.717, 1.165) is 5.56 Å². The molecular formula is C16H20F3NO3. The number of halogens is 3. The van der Waals surface area contributed by atoms with E-state index in [1.54, 1.807) is 12.1 Å². The molecule has 128 valence electrons. The third-order valence-corrected chi connectivity index (χ3v) is 4.69. The highest BCUT2D eigenvalue weighted by molar-refractivity contribution is 5.28. The van der Waals surface area contributed by atoms with Crippen molar-refractivity contribution in [1.82, 2.24) is 4.90 Å². The Labute approximate surface area is 132 Å². The predicted molar refractivity (Wildman–Crippen MR) is 77.2 cm³/mol. The van der Waals surface area contributed by atoms with E-state index in [9.17, 15) is 18.3 Å². The van der Waals surface area contributed by atoms with Crippen LogP contribution in [-0.4, -0.2) is 54.3 Å². The van der Waals surface area contributed by atoms with Gasteiger partial charge in [-0.25, -0.2) is 0 Å². The quantitative estimate of drug-likeness (QED) is 0.923. The van der Waals surface area contributed by atoms with E-state index in [1.807, 2.05) is 7.05 Å². The van der Waals surface area contributed by atoms with Gasteiger partial charge < -0.3 is 14.6 Å². The summed E-state index contributed by atoms with van der Waals surface area (Å²) in [7, 11) is 2.04. The summed E-state index contributed by atoms with van der Waals surface area (Å²) in [6.07, 6.45) is -3.08. The Bertz CT molecular complexity index is 532. The van der Waals surface area contributed by atoms with Gasteiger partial charge in [0.2, 0.25) is 0 Å². The fourth-order valence-corrected chi connectivity index (χ4v) is 3.57. The molecule has 2 fully saturated rings. The standard InChI is InChI=1S/C16H20F3NO3/c1-20-12-7-15(21,8-13(20)10-22-9-12)6-11-2-4-14(5-3-11)23-16(17,18)19/h2-5,12-13,21H,6-10H2,1H3. The SMILES string of the molecule is CN1C2COCC1CC(O)(Cc1ccc(OC(F)(F)F)cc1)C2. The Morgan fingerprint density at radius 3 is 2.30 bits per heavy atom. The lowest BCUT2D eigenvalue weighted by atomic mass is 9.78. The zero-order valence-corrected chi connectivity index (χ0v) is 12.8. The average Bonchev–Trinajstić information content (AvgIpc) is 2.42.